The molecule has 1 aromatic rings. The van der Waals surface area contributed by atoms with Gasteiger partial charge in [0.25, 0.3) is 0 Å². The van der Waals surface area contributed by atoms with Gasteiger partial charge in [-0.2, -0.15) is 4.31 Å². The Labute approximate surface area is 119 Å². The Bertz CT molecular complexity index is 618. The summed E-state index contributed by atoms with van der Waals surface area (Å²) in [6.45, 7) is 3.63. The molecule has 1 aromatic carbocycles. The van der Waals surface area contributed by atoms with E-state index in [0.29, 0.717) is 30.6 Å². The third-order valence-corrected chi connectivity index (χ3v) is 6.26. The lowest BCUT2D eigenvalue weighted by molar-refractivity contribution is 0.247. The second kappa shape index (κ2) is 5.09. The molecule has 1 N–H and O–H groups in total. The molecule has 2 saturated heterocycles. The molecule has 110 valence electrons. The second-order valence-corrected chi connectivity index (χ2v) is 7.61. The molecule has 2 atom stereocenters. The number of hydrogen-bond acceptors (Lipinski definition) is 3. The van der Waals surface area contributed by atoms with E-state index in [-0.39, 0.29) is 4.90 Å². The minimum absolute atomic E-state index is 0.0602. The van der Waals surface area contributed by atoms with E-state index >= 15 is 0 Å². The summed E-state index contributed by atoms with van der Waals surface area (Å²) in [4.78, 5) is 0.0602. The van der Waals surface area contributed by atoms with Crippen molar-refractivity contribution in [1.29, 1.82) is 0 Å². The van der Waals surface area contributed by atoms with Crippen molar-refractivity contribution >= 4 is 10.0 Å². The van der Waals surface area contributed by atoms with E-state index in [0.717, 1.165) is 25.5 Å². The predicted molar refractivity (Wildman–Crippen MR) is 74.4 cm³/mol. The van der Waals surface area contributed by atoms with Gasteiger partial charge in [-0.05, 0) is 49.9 Å². The van der Waals surface area contributed by atoms with Gasteiger partial charge in [-0.25, -0.2) is 12.8 Å². The average molecular weight is 298 g/mol. The van der Waals surface area contributed by atoms with Crippen molar-refractivity contribution in [3.05, 3.63) is 29.6 Å². The Kier molecular flexibility index (Phi) is 3.56. The highest BCUT2D eigenvalue weighted by Gasteiger charge is 2.37. The van der Waals surface area contributed by atoms with E-state index in [1.807, 2.05) is 0 Å². The molecule has 20 heavy (non-hydrogen) atoms. The number of nitrogens with zero attached hydrogens (tertiary/aromatic N) is 1. The zero-order chi connectivity index (χ0) is 14.3. The molecular weight excluding hydrogens is 279 g/mol. The molecule has 0 amide bonds. The molecule has 0 bridgehead atoms. The van der Waals surface area contributed by atoms with Crippen LogP contribution in [0.25, 0.3) is 0 Å². The summed E-state index contributed by atoms with van der Waals surface area (Å²) in [6.07, 6.45) is 1.84. The van der Waals surface area contributed by atoms with E-state index < -0.39 is 15.8 Å². The molecule has 6 heteroatoms. The van der Waals surface area contributed by atoms with Gasteiger partial charge in [0.05, 0.1) is 4.90 Å². The minimum Gasteiger partial charge on any atom is -0.314 e. The zero-order valence-electron chi connectivity index (χ0n) is 11.5. The minimum atomic E-state index is -3.57. The molecule has 2 heterocycles. The monoisotopic (exact) mass is 298 g/mol. The van der Waals surface area contributed by atoms with Crippen molar-refractivity contribution in [1.82, 2.24) is 9.62 Å². The van der Waals surface area contributed by atoms with Crippen LogP contribution in [0, 0.1) is 18.7 Å². The number of piperidine rings is 1. The fourth-order valence-corrected chi connectivity index (χ4v) is 4.64. The van der Waals surface area contributed by atoms with Crippen molar-refractivity contribution in [3.63, 3.8) is 0 Å². The van der Waals surface area contributed by atoms with Crippen molar-refractivity contribution in [3.8, 4) is 0 Å². The maximum atomic E-state index is 13.6. The SMILES string of the molecule is Cc1ccc(S(=O)(=O)N2CCC3NCCC3C2)cc1F. The van der Waals surface area contributed by atoms with Gasteiger partial charge in [0.1, 0.15) is 5.82 Å². The van der Waals surface area contributed by atoms with Crippen LogP contribution in [-0.2, 0) is 10.0 Å². The first-order chi connectivity index (χ1) is 9.48. The zero-order valence-corrected chi connectivity index (χ0v) is 12.3. The van der Waals surface area contributed by atoms with Crippen LogP contribution in [0.5, 0.6) is 0 Å². The van der Waals surface area contributed by atoms with Gasteiger partial charge in [0, 0.05) is 19.1 Å². The molecule has 2 fully saturated rings. The van der Waals surface area contributed by atoms with Gasteiger partial charge < -0.3 is 5.32 Å². The Morgan fingerprint density at radius 2 is 2.15 bits per heavy atom. The Balaban J connectivity index is 1.86. The fraction of sp³-hybridized carbons (Fsp3) is 0.571. The van der Waals surface area contributed by atoms with Gasteiger partial charge in [0.15, 0.2) is 0 Å². The third-order valence-electron chi connectivity index (χ3n) is 4.40. The first kappa shape index (κ1) is 14.0. The fourth-order valence-electron chi connectivity index (χ4n) is 3.12. The van der Waals surface area contributed by atoms with Gasteiger partial charge in [-0.1, -0.05) is 6.07 Å². The molecule has 2 unspecified atom stereocenters. The Hall–Kier alpha value is -0.980. The van der Waals surface area contributed by atoms with E-state index in [1.54, 1.807) is 6.92 Å². The quantitative estimate of drug-likeness (QED) is 0.900. The van der Waals surface area contributed by atoms with Crippen LogP contribution in [0.15, 0.2) is 23.1 Å². The normalized spacial score (nSPS) is 27.5. The Morgan fingerprint density at radius 3 is 2.90 bits per heavy atom. The van der Waals surface area contributed by atoms with E-state index in [9.17, 15) is 12.8 Å². The summed E-state index contributed by atoms with van der Waals surface area (Å²) >= 11 is 0. The summed E-state index contributed by atoms with van der Waals surface area (Å²) in [7, 11) is -3.57. The van der Waals surface area contributed by atoms with Gasteiger partial charge in [-0.3, -0.25) is 0 Å². The molecule has 0 saturated carbocycles. The van der Waals surface area contributed by atoms with Gasteiger partial charge >= 0.3 is 0 Å². The van der Waals surface area contributed by atoms with Gasteiger partial charge in [0.2, 0.25) is 10.0 Å². The first-order valence-electron chi connectivity index (χ1n) is 6.98. The number of benzene rings is 1. The lowest BCUT2D eigenvalue weighted by atomic mass is 9.95. The first-order valence-corrected chi connectivity index (χ1v) is 8.42. The number of nitrogens with one attached hydrogen (secondary N) is 1. The number of fused-ring (bicyclic) bond motifs is 1. The largest absolute Gasteiger partial charge is 0.314 e. The predicted octanol–water partition coefficient (Wildman–Crippen LogP) is 1.51. The van der Waals surface area contributed by atoms with Crippen molar-refractivity contribution < 1.29 is 12.8 Å². The van der Waals surface area contributed by atoms with Crippen LogP contribution in [0.1, 0.15) is 18.4 Å². The average Bonchev–Trinajstić information content (AvgIpc) is 2.89. The van der Waals surface area contributed by atoms with Crippen LogP contribution in [0.3, 0.4) is 0 Å². The maximum Gasteiger partial charge on any atom is 0.243 e. The van der Waals surface area contributed by atoms with Crippen LogP contribution in [0.4, 0.5) is 4.39 Å². The molecule has 4 nitrogen and oxygen atoms in total. The van der Waals surface area contributed by atoms with E-state index in [2.05, 4.69) is 5.32 Å². The lowest BCUT2D eigenvalue weighted by Gasteiger charge is -2.34. The molecular formula is C14H19FN2O2S. The molecule has 0 aliphatic carbocycles. The number of aryl methyl sites for hydroxylation is 1. The molecule has 0 aromatic heterocycles. The van der Waals surface area contributed by atoms with Crippen molar-refractivity contribution in [2.24, 2.45) is 5.92 Å². The van der Waals surface area contributed by atoms with Gasteiger partial charge in [-0.15, -0.1) is 0 Å². The highest BCUT2D eigenvalue weighted by molar-refractivity contribution is 7.89. The topological polar surface area (TPSA) is 49.4 Å². The molecule has 0 radical (unpaired) electrons. The smallest absolute Gasteiger partial charge is 0.243 e. The number of rotatable bonds is 2. The molecule has 2 aliphatic rings. The summed E-state index contributed by atoms with van der Waals surface area (Å²) in [6, 6.07) is 4.58. The highest BCUT2D eigenvalue weighted by Crippen LogP contribution is 2.29. The summed E-state index contributed by atoms with van der Waals surface area (Å²) in [5.41, 5.74) is 0.461. The lowest BCUT2D eigenvalue weighted by Crippen LogP contribution is -2.46. The molecule has 0 spiro atoms. The van der Waals surface area contributed by atoms with Crippen molar-refractivity contribution in [2.45, 2.75) is 30.7 Å². The van der Waals surface area contributed by atoms with Crippen LogP contribution >= 0.6 is 0 Å². The number of sulfonamides is 1. The molecule has 3 rings (SSSR count). The van der Waals surface area contributed by atoms with Crippen LogP contribution < -0.4 is 5.32 Å². The number of hydrogen-bond donors (Lipinski definition) is 1. The standard InChI is InChI=1S/C14H19FN2O2S/c1-10-2-3-12(8-13(10)15)20(18,19)17-7-5-14-11(9-17)4-6-16-14/h2-3,8,11,14,16H,4-7,9H2,1H3. The van der Waals surface area contributed by atoms with Crippen LogP contribution in [-0.4, -0.2) is 38.4 Å². The summed E-state index contributed by atoms with van der Waals surface area (Å²) < 4.78 is 40.3. The maximum absolute atomic E-state index is 13.6. The van der Waals surface area contributed by atoms with Crippen LogP contribution in [0.2, 0.25) is 0 Å². The number of halogens is 1. The Morgan fingerprint density at radius 1 is 1.35 bits per heavy atom. The highest BCUT2D eigenvalue weighted by atomic mass is 32.2. The summed E-state index contributed by atoms with van der Waals surface area (Å²) in [5, 5.41) is 3.41. The summed E-state index contributed by atoms with van der Waals surface area (Å²) in [5.74, 6) is -0.0858. The third kappa shape index (κ3) is 2.36. The molecule has 2 aliphatic heterocycles. The van der Waals surface area contributed by atoms with E-state index in [1.165, 1.54) is 16.4 Å². The van der Waals surface area contributed by atoms with Crippen molar-refractivity contribution in [2.75, 3.05) is 19.6 Å². The van der Waals surface area contributed by atoms with E-state index in [4.69, 9.17) is 0 Å². The second-order valence-electron chi connectivity index (χ2n) is 5.67.